The van der Waals surface area contributed by atoms with Crippen molar-refractivity contribution in [3.63, 3.8) is 0 Å². The lowest BCUT2D eigenvalue weighted by atomic mass is 9.99. The summed E-state index contributed by atoms with van der Waals surface area (Å²) in [7, 11) is 1.63. The molecule has 2 aromatic heterocycles. The van der Waals surface area contributed by atoms with Crippen LogP contribution in [0.15, 0.2) is 36.5 Å². The lowest BCUT2D eigenvalue weighted by molar-refractivity contribution is 0.0938. The van der Waals surface area contributed by atoms with E-state index in [-0.39, 0.29) is 5.91 Å². The van der Waals surface area contributed by atoms with Crippen LogP contribution < -0.4 is 5.32 Å². The van der Waals surface area contributed by atoms with Crippen LogP contribution in [0.1, 0.15) is 38.3 Å². The fourth-order valence-electron chi connectivity index (χ4n) is 3.87. The second-order valence-corrected chi connectivity index (χ2v) is 8.75. The molecule has 3 heterocycles. The normalized spacial score (nSPS) is 17.1. The number of hydrogen-bond donors (Lipinski definition) is 1. The predicted octanol–water partition coefficient (Wildman–Crippen LogP) is 3.37. The summed E-state index contributed by atoms with van der Waals surface area (Å²) in [5, 5.41) is 4.94. The maximum Gasteiger partial charge on any atom is 0.252 e. The number of rotatable bonds is 7. The van der Waals surface area contributed by atoms with Crippen molar-refractivity contribution >= 4 is 28.1 Å². The van der Waals surface area contributed by atoms with E-state index in [0.29, 0.717) is 24.6 Å². The van der Waals surface area contributed by atoms with Crippen molar-refractivity contribution in [2.75, 3.05) is 33.4 Å². The van der Waals surface area contributed by atoms with Gasteiger partial charge in [0, 0.05) is 54.8 Å². The molecule has 1 saturated heterocycles. The Kier molecular flexibility index (Phi) is 6.18. The van der Waals surface area contributed by atoms with Gasteiger partial charge in [0.2, 0.25) is 0 Å². The van der Waals surface area contributed by atoms with E-state index in [2.05, 4.69) is 15.2 Å². The molecule has 1 atom stereocenters. The van der Waals surface area contributed by atoms with Crippen LogP contribution in [0.3, 0.4) is 0 Å². The van der Waals surface area contributed by atoms with Crippen LogP contribution in [0.2, 0.25) is 0 Å². The largest absolute Gasteiger partial charge is 0.383 e. The third-order valence-corrected chi connectivity index (χ3v) is 6.21. The van der Waals surface area contributed by atoms with Crippen molar-refractivity contribution in [1.29, 1.82) is 0 Å². The summed E-state index contributed by atoms with van der Waals surface area (Å²) >= 11 is 1.76. The summed E-state index contributed by atoms with van der Waals surface area (Å²) in [4.78, 5) is 25.8. The number of nitrogens with zero attached hydrogens (tertiary/aromatic N) is 3. The van der Waals surface area contributed by atoms with E-state index in [1.807, 2.05) is 43.5 Å². The number of thiazole rings is 1. The van der Waals surface area contributed by atoms with E-state index >= 15 is 0 Å². The molecule has 0 aliphatic carbocycles. The van der Waals surface area contributed by atoms with Crippen LogP contribution >= 0.6 is 11.3 Å². The minimum atomic E-state index is -0.0723. The lowest BCUT2D eigenvalue weighted by Gasteiger charge is -2.16. The number of carbonyl (C=O) groups excluding carboxylic acids is 1. The summed E-state index contributed by atoms with van der Waals surface area (Å²) in [6.07, 6.45) is 3.03. The van der Waals surface area contributed by atoms with Crippen molar-refractivity contribution < 1.29 is 9.53 Å². The Hall–Kier alpha value is -2.35. The minimum Gasteiger partial charge on any atom is -0.383 e. The van der Waals surface area contributed by atoms with Crippen LogP contribution in [0.25, 0.3) is 10.9 Å². The quantitative estimate of drug-likeness (QED) is 0.605. The van der Waals surface area contributed by atoms with Gasteiger partial charge in [-0.15, -0.1) is 11.3 Å². The average molecular weight is 411 g/mol. The number of benzene rings is 1. The third kappa shape index (κ3) is 4.63. The Morgan fingerprint density at radius 3 is 3.03 bits per heavy atom. The number of aryl methyl sites for hydroxylation is 1. The Morgan fingerprint density at radius 1 is 1.38 bits per heavy atom. The van der Waals surface area contributed by atoms with Gasteiger partial charge in [-0.1, -0.05) is 18.2 Å². The maximum absolute atomic E-state index is 12.8. The molecule has 1 fully saturated rings. The van der Waals surface area contributed by atoms with E-state index in [1.165, 1.54) is 4.88 Å². The molecule has 1 aromatic carbocycles. The van der Waals surface area contributed by atoms with Crippen LogP contribution in [0.4, 0.5) is 0 Å². The number of methoxy groups -OCH3 is 1. The maximum atomic E-state index is 12.8. The van der Waals surface area contributed by atoms with E-state index in [1.54, 1.807) is 18.4 Å². The van der Waals surface area contributed by atoms with Crippen molar-refractivity contribution in [3.8, 4) is 0 Å². The predicted molar refractivity (Wildman–Crippen MR) is 115 cm³/mol. The van der Waals surface area contributed by atoms with E-state index in [9.17, 15) is 4.79 Å². The Morgan fingerprint density at radius 2 is 2.24 bits per heavy atom. The van der Waals surface area contributed by atoms with Crippen LogP contribution in [-0.4, -0.2) is 54.1 Å². The molecule has 29 heavy (non-hydrogen) atoms. The smallest absolute Gasteiger partial charge is 0.252 e. The number of nitrogens with one attached hydrogen (secondary N) is 1. The molecule has 152 valence electrons. The zero-order chi connectivity index (χ0) is 20.2. The molecular formula is C22H26N4O2S. The standard InChI is InChI=1S/C22H26N4O2S/c1-15-24-12-17(29-15)14-26-9-7-16(13-26)21-11-19(22(27)23-8-10-28-2)18-5-3-4-6-20(18)25-21/h3-6,11-12,16H,7-10,13-14H2,1-2H3,(H,23,27)/t16-/m0/s1. The highest BCUT2D eigenvalue weighted by Crippen LogP contribution is 2.30. The van der Waals surface area contributed by atoms with Gasteiger partial charge in [0.1, 0.15) is 0 Å². The van der Waals surface area contributed by atoms with Gasteiger partial charge in [0.05, 0.1) is 22.7 Å². The number of hydrogen-bond acceptors (Lipinski definition) is 6. The molecule has 0 radical (unpaired) electrons. The van der Waals surface area contributed by atoms with Gasteiger partial charge in [-0.3, -0.25) is 14.7 Å². The van der Waals surface area contributed by atoms with Gasteiger partial charge in [-0.25, -0.2) is 4.98 Å². The van der Waals surface area contributed by atoms with Crippen molar-refractivity contribution in [3.05, 3.63) is 57.7 Å². The highest BCUT2D eigenvalue weighted by Gasteiger charge is 2.27. The molecule has 0 unspecified atom stereocenters. The number of ether oxygens (including phenoxy) is 1. The Balaban J connectivity index is 1.55. The zero-order valence-electron chi connectivity index (χ0n) is 16.9. The van der Waals surface area contributed by atoms with Crippen LogP contribution in [-0.2, 0) is 11.3 Å². The minimum absolute atomic E-state index is 0.0723. The van der Waals surface area contributed by atoms with E-state index < -0.39 is 0 Å². The number of likely N-dealkylation sites (tertiary alicyclic amines) is 1. The molecule has 4 rings (SSSR count). The highest BCUT2D eigenvalue weighted by atomic mass is 32.1. The van der Waals surface area contributed by atoms with Gasteiger partial charge in [-0.2, -0.15) is 0 Å². The third-order valence-electron chi connectivity index (χ3n) is 5.31. The number of pyridine rings is 1. The molecule has 1 aliphatic rings. The first-order chi connectivity index (χ1) is 14.1. The van der Waals surface area contributed by atoms with Gasteiger partial charge in [0.25, 0.3) is 5.91 Å². The van der Waals surface area contributed by atoms with Gasteiger partial charge < -0.3 is 10.1 Å². The molecule has 0 bridgehead atoms. The zero-order valence-corrected chi connectivity index (χ0v) is 17.7. The number of amides is 1. The molecule has 1 amide bonds. The first-order valence-electron chi connectivity index (χ1n) is 9.94. The van der Waals surface area contributed by atoms with Gasteiger partial charge in [0.15, 0.2) is 0 Å². The van der Waals surface area contributed by atoms with Crippen LogP contribution in [0, 0.1) is 6.92 Å². The van der Waals surface area contributed by atoms with Crippen molar-refractivity contribution in [2.24, 2.45) is 0 Å². The molecule has 7 heteroatoms. The fraction of sp³-hybridized carbons (Fsp3) is 0.409. The summed E-state index contributed by atoms with van der Waals surface area (Å²) in [5.74, 6) is 0.260. The summed E-state index contributed by atoms with van der Waals surface area (Å²) in [5.41, 5.74) is 2.57. The van der Waals surface area contributed by atoms with Gasteiger partial charge in [-0.05, 0) is 32.0 Å². The monoisotopic (exact) mass is 410 g/mol. The van der Waals surface area contributed by atoms with Crippen LogP contribution in [0.5, 0.6) is 0 Å². The number of aromatic nitrogens is 2. The highest BCUT2D eigenvalue weighted by molar-refractivity contribution is 7.11. The molecule has 3 aromatic rings. The molecular weight excluding hydrogens is 384 g/mol. The van der Waals surface area contributed by atoms with Crippen molar-refractivity contribution in [1.82, 2.24) is 20.2 Å². The Labute approximate surface area is 174 Å². The summed E-state index contributed by atoms with van der Waals surface area (Å²) in [6, 6.07) is 9.85. The molecule has 0 saturated carbocycles. The summed E-state index contributed by atoms with van der Waals surface area (Å²) < 4.78 is 5.05. The second-order valence-electron chi connectivity index (χ2n) is 7.43. The number of para-hydroxylation sites is 1. The molecule has 0 spiro atoms. The SMILES string of the molecule is COCCNC(=O)c1cc([C@H]2CCN(Cc3cnc(C)s3)C2)nc2ccccc12. The summed E-state index contributed by atoms with van der Waals surface area (Å²) in [6.45, 7) is 5.95. The number of carbonyl (C=O) groups is 1. The van der Waals surface area contributed by atoms with E-state index in [0.717, 1.165) is 47.7 Å². The van der Waals surface area contributed by atoms with Gasteiger partial charge >= 0.3 is 0 Å². The Bertz CT molecular complexity index is 1000. The molecule has 6 nitrogen and oxygen atoms in total. The lowest BCUT2D eigenvalue weighted by Crippen LogP contribution is -2.27. The second kappa shape index (κ2) is 8.98. The van der Waals surface area contributed by atoms with E-state index in [4.69, 9.17) is 9.72 Å². The van der Waals surface area contributed by atoms with Crippen molar-refractivity contribution in [2.45, 2.75) is 25.8 Å². The first kappa shape index (κ1) is 19.9. The first-order valence-corrected chi connectivity index (χ1v) is 10.8. The molecule has 1 N–H and O–H groups in total. The fourth-order valence-corrected chi connectivity index (χ4v) is 4.71. The number of fused-ring (bicyclic) bond motifs is 1. The topological polar surface area (TPSA) is 67.3 Å². The average Bonchev–Trinajstić information content (AvgIpc) is 3.36. The molecule has 1 aliphatic heterocycles.